The van der Waals surface area contributed by atoms with E-state index in [1.54, 1.807) is 6.07 Å². The number of aromatic nitrogens is 3. The van der Waals surface area contributed by atoms with Crippen LogP contribution in [-0.2, 0) is 5.41 Å². The molecule has 0 aliphatic heterocycles. The molecule has 19 heavy (non-hydrogen) atoms. The molecule has 0 unspecified atom stereocenters. The van der Waals surface area contributed by atoms with Crippen LogP contribution in [0.5, 0.6) is 0 Å². The highest BCUT2D eigenvalue weighted by molar-refractivity contribution is 7.71. The summed E-state index contributed by atoms with van der Waals surface area (Å²) < 4.78 is 0.506. The van der Waals surface area contributed by atoms with E-state index in [4.69, 9.17) is 35.4 Å². The maximum Gasteiger partial charge on any atom is 0.159 e. The predicted octanol–water partition coefficient (Wildman–Crippen LogP) is 4.81. The second kappa shape index (κ2) is 5.19. The van der Waals surface area contributed by atoms with Crippen LogP contribution in [0.3, 0.4) is 0 Å². The van der Waals surface area contributed by atoms with E-state index < -0.39 is 0 Å². The summed E-state index contributed by atoms with van der Waals surface area (Å²) >= 11 is 17.2. The minimum absolute atomic E-state index is 0.0653. The van der Waals surface area contributed by atoms with E-state index in [1.807, 2.05) is 6.07 Å². The lowest BCUT2D eigenvalue weighted by molar-refractivity contribution is 0.567. The average Bonchev–Trinajstić information content (AvgIpc) is 2.26. The molecule has 0 saturated carbocycles. The van der Waals surface area contributed by atoms with Crippen molar-refractivity contribution >= 4 is 35.4 Å². The molecule has 0 fully saturated rings. The Balaban J connectivity index is 2.63. The van der Waals surface area contributed by atoms with Gasteiger partial charge in [-0.25, -0.2) is 9.97 Å². The summed E-state index contributed by atoms with van der Waals surface area (Å²) in [7, 11) is 0. The second-order valence-electron chi connectivity index (χ2n) is 5.22. The Bertz CT molecular complexity index is 674. The average molecular weight is 314 g/mol. The van der Waals surface area contributed by atoms with Gasteiger partial charge in [-0.1, -0.05) is 56.2 Å². The summed E-state index contributed by atoms with van der Waals surface area (Å²) in [5.74, 6) is 0.555. The van der Waals surface area contributed by atoms with Gasteiger partial charge in [0.15, 0.2) is 5.82 Å². The normalized spacial score (nSPS) is 11.6. The second-order valence-corrected chi connectivity index (χ2v) is 6.48. The molecular formula is C13H13Cl2N3S. The van der Waals surface area contributed by atoms with Crippen molar-refractivity contribution in [1.82, 2.24) is 15.0 Å². The molecule has 0 spiro atoms. The summed E-state index contributed by atoms with van der Waals surface area (Å²) in [5.41, 5.74) is 1.46. The first-order chi connectivity index (χ1) is 8.77. The van der Waals surface area contributed by atoms with Crippen LogP contribution in [0.25, 0.3) is 11.5 Å². The van der Waals surface area contributed by atoms with Crippen molar-refractivity contribution in [2.24, 2.45) is 0 Å². The maximum atomic E-state index is 6.14. The summed E-state index contributed by atoms with van der Waals surface area (Å²) in [6.45, 7) is 6.27. The number of pyridine rings is 1. The van der Waals surface area contributed by atoms with Gasteiger partial charge in [-0.2, -0.15) is 0 Å². The van der Waals surface area contributed by atoms with Gasteiger partial charge in [0.1, 0.15) is 10.3 Å². The lowest BCUT2D eigenvalue weighted by atomic mass is 9.92. The molecule has 0 aliphatic carbocycles. The Morgan fingerprint density at radius 1 is 1.21 bits per heavy atom. The fourth-order valence-corrected chi connectivity index (χ4v) is 2.24. The number of hydrogen-bond acceptors (Lipinski definition) is 3. The monoisotopic (exact) mass is 313 g/mol. The highest BCUT2D eigenvalue weighted by Crippen LogP contribution is 2.27. The molecule has 0 aliphatic rings. The quantitative estimate of drug-likeness (QED) is 0.768. The molecule has 100 valence electrons. The smallest absolute Gasteiger partial charge is 0.159 e. The number of nitrogens with one attached hydrogen (secondary N) is 1. The van der Waals surface area contributed by atoms with Crippen LogP contribution < -0.4 is 0 Å². The zero-order valence-electron chi connectivity index (χ0n) is 10.8. The van der Waals surface area contributed by atoms with E-state index >= 15 is 0 Å². The molecule has 0 saturated heterocycles. The minimum atomic E-state index is -0.0653. The van der Waals surface area contributed by atoms with Gasteiger partial charge in [0.25, 0.3) is 0 Å². The standard InChI is InChI=1S/C13H13Cl2N3S/c1-13(2,3)9-5-10(19)18-12(17-9)11-8(15)4-7(14)6-16-11/h4-6H,1-3H3,(H,17,18,19). The first kappa shape index (κ1) is 14.4. The Hall–Kier alpha value is -0.970. The number of halogens is 2. The van der Waals surface area contributed by atoms with Gasteiger partial charge in [0.05, 0.1) is 10.0 Å². The van der Waals surface area contributed by atoms with Crippen LogP contribution in [0.2, 0.25) is 10.0 Å². The van der Waals surface area contributed by atoms with Gasteiger partial charge >= 0.3 is 0 Å². The number of aromatic amines is 1. The summed E-state index contributed by atoms with van der Waals surface area (Å²) in [6, 6.07) is 3.48. The van der Waals surface area contributed by atoms with Crippen molar-refractivity contribution in [3.8, 4) is 11.5 Å². The van der Waals surface area contributed by atoms with Crippen molar-refractivity contribution in [3.63, 3.8) is 0 Å². The number of hydrogen-bond donors (Lipinski definition) is 1. The van der Waals surface area contributed by atoms with Crippen molar-refractivity contribution < 1.29 is 0 Å². The third-order valence-corrected chi connectivity index (χ3v) is 3.29. The fourth-order valence-electron chi connectivity index (χ4n) is 1.56. The number of rotatable bonds is 1. The topological polar surface area (TPSA) is 41.6 Å². The van der Waals surface area contributed by atoms with Crippen LogP contribution in [0, 0.1) is 4.64 Å². The van der Waals surface area contributed by atoms with Crippen molar-refractivity contribution in [2.45, 2.75) is 26.2 Å². The molecule has 0 atom stereocenters. The highest BCUT2D eigenvalue weighted by Gasteiger charge is 2.17. The Labute approximate surface area is 127 Å². The molecule has 2 heterocycles. The number of H-pyrrole nitrogens is 1. The van der Waals surface area contributed by atoms with E-state index in [0.29, 0.717) is 26.2 Å². The molecule has 0 aromatic carbocycles. The molecule has 2 aromatic rings. The molecule has 1 N–H and O–H groups in total. The first-order valence-corrected chi connectivity index (χ1v) is 6.87. The van der Waals surface area contributed by atoms with Gasteiger partial charge < -0.3 is 4.98 Å². The van der Waals surface area contributed by atoms with Gasteiger partial charge in [0, 0.05) is 17.3 Å². The Morgan fingerprint density at radius 3 is 2.47 bits per heavy atom. The molecular weight excluding hydrogens is 301 g/mol. The molecule has 0 bridgehead atoms. The highest BCUT2D eigenvalue weighted by atomic mass is 35.5. The molecule has 2 aromatic heterocycles. The van der Waals surface area contributed by atoms with Gasteiger partial charge in [0.2, 0.25) is 0 Å². The van der Waals surface area contributed by atoms with Crippen molar-refractivity contribution in [3.05, 3.63) is 38.7 Å². The molecule has 0 radical (unpaired) electrons. The van der Waals surface area contributed by atoms with Crippen LogP contribution in [0.15, 0.2) is 18.3 Å². The Morgan fingerprint density at radius 2 is 1.89 bits per heavy atom. The van der Waals surface area contributed by atoms with Crippen LogP contribution >= 0.6 is 35.4 Å². The molecule has 3 nitrogen and oxygen atoms in total. The van der Waals surface area contributed by atoms with Crippen molar-refractivity contribution in [1.29, 1.82) is 0 Å². The largest absolute Gasteiger partial charge is 0.341 e. The fraction of sp³-hybridized carbons (Fsp3) is 0.308. The third kappa shape index (κ3) is 3.32. The van der Waals surface area contributed by atoms with E-state index in [1.165, 1.54) is 6.20 Å². The predicted molar refractivity (Wildman–Crippen MR) is 81.4 cm³/mol. The summed E-state index contributed by atoms with van der Waals surface area (Å²) in [5, 5.41) is 0.927. The van der Waals surface area contributed by atoms with Crippen LogP contribution in [0.4, 0.5) is 0 Å². The zero-order valence-corrected chi connectivity index (χ0v) is 13.1. The molecule has 0 amide bonds. The van der Waals surface area contributed by atoms with Crippen molar-refractivity contribution in [2.75, 3.05) is 0 Å². The van der Waals surface area contributed by atoms with Gasteiger partial charge in [-0.3, -0.25) is 0 Å². The molecule has 2 rings (SSSR count). The van der Waals surface area contributed by atoms with Gasteiger partial charge in [-0.15, -0.1) is 0 Å². The lowest BCUT2D eigenvalue weighted by Gasteiger charge is -2.19. The Kier molecular flexibility index (Phi) is 3.95. The zero-order chi connectivity index (χ0) is 14.2. The first-order valence-electron chi connectivity index (χ1n) is 5.70. The number of nitrogens with zero attached hydrogens (tertiary/aromatic N) is 2. The summed E-state index contributed by atoms with van der Waals surface area (Å²) in [4.78, 5) is 11.7. The molecule has 6 heteroatoms. The van der Waals surface area contributed by atoms with E-state index in [0.717, 1.165) is 5.69 Å². The van der Waals surface area contributed by atoms with Crippen LogP contribution in [-0.4, -0.2) is 15.0 Å². The van der Waals surface area contributed by atoms with E-state index in [-0.39, 0.29) is 5.41 Å². The van der Waals surface area contributed by atoms with E-state index in [9.17, 15) is 0 Å². The third-order valence-electron chi connectivity index (χ3n) is 2.58. The van der Waals surface area contributed by atoms with E-state index in [2.05, 4.69) is 35.7 Å². The van der Waals surface area contributed by atoms with Crippen LogP contribution in [0.1, 0.15) is 26.5 Å². The lowest BCUT2D eigenvalue weighted by Crippen LogP contribution is -2.14. The summed E-state index contributed by atoms with van der Waals surface area (Å²) in [6.07, 6.45) is 1.53. The maximum absolute atomic E-state index is 6.14. The minimum Gasteiger partial charge on any atom is -0.341 e. The SMILES string of the molecule is CC(C)(C)c1cc(=S)nc(-c2ncc(Cl)cc2Cl)[nH]1. The van der Waals surface area contributed by atoms with Gasteiger partial charge in [-0.05, 0) is 12.1 Å².